The summed E-state index contributed by atoms with van der Waals surface area (Å²) in [5, 5.41) is 0. The molecule has 1 nitrogen and oxygen atoms in total. The average Bonchev–Trinajstić information content (AvgIpc) is 2.48. The molecule has 0 aromatic heterocycles. The highest BCUT2D eigenvalue weighted by atomic mass is 16.5. The summed E-state index contributed by atoms with van der Waals surface area (Å²) in [6, 6.07) is 0. The van der Waals surface area contributed by atoms with E-state index < -0.39 is 0 Å². The molecule has 0 aromatic rings. The zero-order chi connectivity index (χ0) is 15.3. The number of allylic oxidation sites excluding steroid dienone is 5. The Bertz CT molecular complexity index is 284. The van der Waals surface area contributed by atoms with Crippen LogP contribution in [-0.4, -0.2) is 7.11 Å². The Morgan fingerprint density at radius 1 is 1.21 bits per heavy atom. The molecule has 1 aliphatic carbocycles. The first-order valence-corrected chi connectivity index (χ1v) is 7.77. The Balaban J connectivity index is 0. The van der Waals surface area contributed by atoms with Gasteiger partial charge in [0, 0.05) is 0 Å². The predicted molar refractivity (Wildman–Crippen MR) is 88.2 cm³/mol. The minimum Gasteiger partial charge on any atom is -0.497 e. The van der Waals surface area contributed by atoms with Crippen LogP contribution in [0.25, 0.3) is 0 Å². The van der Waals surface area contributed by atoms with Gasteiger partial charge in [-0.25, -0.2) is 0 Å². The molecule has 19 heavy (non-hydrogen) atoms. The second-order valence-corrected chi connectivity index (χ2v) is 4.28. The second-order valence-electron chi connectivity index (χ2n) is 4.28. The molecule has 0 heterocycles. The van der Waals surface area contributed by atoms with Crippen LogP contribution in [0.3, 0.4) is 0 Å². The molecular formula is C18H34O. The quantitative estimate of drug-likeness (QED) is 0.440. The van der Waals surface area contributed by atoms with E-state index in [4.69, 9.17) is 4.74 Å². The fraction of sp³-hybridized carbons (Fsp3) is 0.667. The van der Waals surface area contributed by atoms with Gasteiger partial charge < -0.3 is 4.74 Å². The maximum atomic E-state index is 5.20. The predicted octanol–water partition coefficient (Wildman–Crippen LogP) is 6.14. The van der Waals surface area contributed by atoms with E-state index in [1.54, 1.807) is 7.11 Å². The van der Waals surface area contributed by atoms with Crippen LogP contribution in [0, 0.1) is 11.8 Å². The largest absolute Gasteiger partial charge is 0.497 e. The van der Waals surface area contributed by atoms with Crippen LogP contribution >= 0.6 is 0 Å². The van der Waals surface area contributed by atoms with Gasteiger partial charge >= 0.3 is 0 Å². The van der Waals surface area contributed by atoms with E-state index in [2.05, 4.69) is 32.1 Å². The van der Waals surface area contributed by atoms with E-state index in [9.17, 15) is 0 Å². The Labute approximate surface area is 121 Å². The fourth-order valence-corrected chi connectivity index (χ4v) is 1.96. The first-order chi connectivity index (χ1) is 9.19. The lowest BCUT2D eigenvalue weighted by Crippen LogP contribution is -2.13. The molecule has 2 unspecified atom stereocenters. The van der Waals surface area contributed by atoms with E-state index in [0.29, 0.717) is 5.92 Å². The highest BCUT2D eigenvalue weighted by molar-refractivity contribution is 5.28. The van der Waals surface area contributed by atoms with E-state index in [-0.39, 0.29) is 0 Å². The molecule has 1 aliphatic rings. The van der Waals surface area contributed by atoms with Gasteiger partial charge in [0.25, 0.3) is 0 Å². The van der Waals surface area contributed by atoms with Gasteiger partial charge in [0.1, 0.15) is 5.76 Å². The van der Waals surface area contributed by atoms with Gasteiger partial charge in [0.2, 0.25) is 0 Å². The zero-order valence-corrected chi connectivity index (χ0v) is 14.3. The second kappa shape index (κ2) is 13.5. The molecule has 0 radical (unpaired) electrons. The molecule has 0 aromatic carbocycles. The van der Waals surface area contributed by atoms with Crippen LogP contribution in [0.1, 0.15) is 61.3 Å². The van der Waals surface area contributed by atoms with Crippen molar-refractivity contribution >= 4 is 0 Å². The summed E-state index contributed by atoms with van der Waals surface area (Å²) < 4.78 is 5.20. The molecule has 2 atom stereocenters. The van der Waals surface area contributed by atoms with Crippen molar-refractivity contribution in [2.24, 2.45) is 11.8 Å². The summed E-state index contributed by atoms with van der Waals surface area (Å²) in [6.07, 6.45) is 11.1. The van der Waals surface area contributed by atoms with Crippen molar-refractivity contribution in [3.63, 3.8) is 0 Å². The Hall–Kier alpha value is -0.980. The minimum atomic E-state index is 0.671. The monoisotopic (exact) mass is 266 g/mol. The van der Waals surface area contributed by atoms with Crippen LogP contribution in [0.15, 0.2) is 35.6 Å². The number of rotatable bonds is 3. The van der Waals surface area contributed by atoms with Crippen molar-refractivity contribution in [1.29, 1.82) is 0 Å². The van der Waals surface area contributed by atoms with Crippen molar-refractivity contribution < 1.29 is 4.74 Å². The van der Waals surface area contributed by atoms with Crippen molar-refractivity contribution in [2.75, 3.05) is 7.11 Å². The zero-order valence-electron chi connectivity index (χ0n) is 14.3. The summed E-state index contributed by atoms with van der Waals surface area (Å²) in [5.74, 6) is 2.40. The molecule has 0 bridgehead atoms. The van der Waals surface area contributed by atoms with E-state index >= 15 is 0 Å². The van der Waals surface area contributed by atoms with Crippen LogP contribution in [0.5, 0.6) is 0 Å². The van der Waals surface area contributed by atoms with Gasteiger partial charge in [-0.15, -0.1) is 0 Å². The van der Waals surface area contributed by atoms with Crippen LogP contribution in [0.4, 0.5) is 0 Å². The van der Waals surface area contributed by atoms with Crippen molar-refractivity contribution in [3.05, 3.63) is 35.6 Å². The number of hydrogen-bond acceptors (Lipinski definition) is 1. The van der Waals surface area contributed by atoms with E-state index in [1.807, 2.05) is 40.7 Å². The first kappa shape index (κ1) is 20.3. The molecule has 0 amide bonds. The highest BCUT2D eigenvalue weighted by Gasteiger charge is 2.18. The first-order valence-electron chi connectivity index (χ1n) is 7.77. The van der Waals surface area contributed by atoms with Gasteiger partial charge in [-0.1, -0.05) is 53.7 Å². The van der Waals surface area contributed by atoms with Crippen molar-refractivity contribution in [1.82, 2.24) is 0 Å². The lowest BCUT2D eigenvalue weighted by Gasteiger charge is -2.25. The number of ether oxygens (including phenoxy) is 1. The lowest BCUT2D eigenvalue weighted by molar-refractivity contribution is 0.306. The molecule has 112 valence electrons. The lowest BCUT2D eigenvalue weighted by atomic mass is 9.80. The molecule has 0 saturated heterocycles. The summed E-state index contributed by atoms with van der Waals surface area (Å²) in [4.78, 5) is 0. The normalized spacial score (nSPS) is 22.7. The summed E-state index contributed by atoms with van der Waals surface area (Å²) >= 11 is 0. The minimum absolute atomic E-state index is 0.671. The number of methoxy groups -OCH3 is 1. The van der Waals surface area contributed by atoms with Crippen LogP contribution < -0.4 is 0 Å². The third-order valence-electron chi connectivity index (χ3n) is 3.34. The van der Waals surface area contributed by atoms with Gasteiger partial charge in [0.15, 0.2) is 0 Å². The van der Waals surface area contributed by atoms with Gasteiger partial charge in [-0.3, -0.25) is 0 Å². The third kappa shape index (κ3) is 7.92. The number of hydrogen-bond donors (Lipinski definition) is 0. The molecule has 1 heteroatoms. The van der Waals surface area contributed by atoms with Gasteiger partial charge in [0.05, 0.1) is 7.11 Å². The Morgan fingerprint density at radius 3 is 2.26 bits per heavy atom. The summed E-state index contributed by atoms with van der Waals surface area (Å²) in [7, 11) is 1.71. The van der Waals surface area contributed by atoms with Gasteiger partial charge in [-0.05, 0) is 49.3 Å². The summed E-state index contributed by atoms with van der Waals surface area (Å²) in [5.41, 5.74) is 1.45. The SMILES string of the molecule is C/C=C(\C=C/C1=CCCC(C)C1C)OC.CC.CC. The van der Waals surface area contributed by atoms with Crippen LogP contribution in [-0.2, 0) is 4.74 Å². The topological polar surface area (TPSA) is 9.23 Å². The van der Waals surface area contributed by atoms with Crippen LogP contribution in [0.2, 0.25) is 0 Å². The summed E-state index contributed by atoms with van der Waals surface area (Å²) in [6.45, 7) is 14.6. The van der Waals surface area contributed by atoms with E-state index in [1.165, 1.54) is 18.4 Å². The third-order valence-corrected chi connectivity index (χ3v) is 3.34. The van der Waals surface area contributed by atoms with E-state index in [0.717, 1.165) is 11.7 Å². The Morgan fingerprint density at radius 2 is 1.79 bits per heavy atom. The fourth-order valence-electron chi connectivity index (χ4n) is 1.96. The smallest absolute Gasteiger partial charge is 0.114 e. The highest BCUT2D eigenvalue weighted by Crippen LogP contribution is 2.30. The molecule has 0 saturated carbocycles. The molecular weight excluding hydrogens is 232 g/mol. The molecule has 0 aliphatic heterocycles. The standard InChI is InChI=1S/C14H22O.2C2H6/c1-5-14(15-4)10-9-13-8-6-7-11(2)12(13)3;2*1-2/h5,8-12H,6-7H2,1-4H3;2*1-2H3/b10-9-,14-5+;;. The molecule has 1 rings (SSSR count). The average molecular weight is 266 g/mol. The van der Waals surface area contributed by atoms with Crippen molar-refractivity contribution in [3.8, 4) is 0 Å². The Kier molecular flexibility index (Phi) is 14.4. The van der Waals surface area contributed by atoms with Crippen molar-refractivity contribution in [2.45, 2.75) is 61.3 Å². The maximum absolute atomic E-state index is 5.20. The maximum Gasteiger partial charge on any atom is 0.114 e. The molecule has 0 fully saturated rings. The molecule has 0 N–H and O–H groups in total. The van der Waals surface area contributed by atoms with Gasteiger partial charge in [-0.2, -0.15) is 0 Å². The molecule has 0 spiro atoms.